The number of carbonyl (C=O) groups is 1. The van der Waals surface area contributed by atoms with Crippen molar-refractivity contribution in [1.29, 1.82) is 0 Å². The van der Waals surface area contributed by atoms with Crippen molar-refractivity contribution in [1.82, 2.24) is 4.90 Å². The number of hydrogen-bond donors (Lipinski definition) is 1. The minimum atomic E-state index is -0.0600. The normalized spacial score (nSPS) is 12.7. The lowest BCUT2D eigenvalue weighted by Crippen LogP contribution is -2.41. The van der Waals surface area contributed by atoms with Gasteiger partial charge < -0.3 is 10.2 Å². The minimum Gasteiger partial charge on any atom is -0.324 e. The molecular weight excluding hydrogens is 374 g/mol. The molecule has 1 N–H and O–H groups in total. The third-order valence-electron chi connectivity index (χ3n) is 5.97. The fraction of sp³-hybridized carbons (Fsp3) is 0.680. The Bertz CT molecular complexity index is 665. The number of nitrogens with zero attached hydrogens (tertiary/aromatic N) is 2. The van der Waals surface area contributed by atoms with Crippen LogP contribution in [0.25, 0.3) is 0 Å². The lowest BCUT2D eigenvalue weighted by Gasteiger charge is -2.31. The number of isocyanates is 1. The summed E-state index contributed by atoms with van der Waals surface area (Å²) >= 11 is 0. The molecule has 0 saturated carbocycles. The Balaban J connectivity index is 3.01. The summed E-state index contributed by atoms with van der Waals surface area (Å²) in [6.45, 7) is 12.4. The van der Waals surface area contributed by atoms with Crippen LogP contribution in [0, 0.1) is 18.8 Å². The van der Waals surface area contributed by atoms with Crippen LogP contribution in [0.1, 0.15) is 84.6 Å². The second-order valence-corrected chi connectivity index (χ2v) is 8.37. The van der Waals surface area contributed by atoms with Crippen LogP contribution in [0.2, 0.25) is 0 Å². The molecule has 2 amide bonds. The molecule has 0 aliphatic rings. The van der Waals surface area contributed by atoms with E-state index in [1.807, 2.05) is 17.9 Å². The highest BCUT2D eigenvalue weighted by Crippen LogP contribution is 2.24. The second kappa shape index (κ2) is 14.8. The van der Waals surface area contributed by atoms with E-state index in [4.69, 9.17) is 0 Å². The summed E-state index contributed by atoms with van der Waals surface area (Å²) in [5, 5.41) is 3.08. The number of aliphatic imine (C=N–C) groups is 1. The molecule has 0 radical (unpaired) electrons. The quantitative estimate of drug-likeness (QED) is 0.257. The maximum absolute atomic E-state index is 13.3. The van der Waals surface area contributed by atoms with E-state index in [0.29, 0.717) is 23.2 Å². The summed E-state index contributed by atoms with van der Waals surface area (Å²) in [7, 11) is 0. The van der Waals surface area contributed by atoms with Crippen molar-refractivity contribution in [2.24, 2.45) is 16.8 Å². The first-order valence-electron chi connectivity index (χ1n) is 11.7. The number of unbranched alkanes of at least 4 members (excludes halogenated alkanes) is 2. The molecule has 0 heterocycles. The predicted molar refractivity (Wildman–Crippen MR) is 126 cm³/mol. The highest BCUT2D eigenvalue weighted by atomic mass is 16.2. The van der Waals surface area contributed by atoms with E-state index in [1.54, 1.807) is 18.2 Å². The van der Waals surface area contributed by atoms with Gasteiger partial charge in [0.1, 0.15) is 0 Å². The molecule has 0 aliphatic heterocycles. The topological polar surface area (TPSA) is 61.8 Å². The number of anilines is 1. The van der Waals surface area contributed by atoms with Gasteiger partial charge in [-0.15, -0.1) is 0 Å². The van der Waals surface area contributed by atoms with Crippen molar-refractivity contribution in [3.63, 3.8) is 0 Å². The van der Waals surface area contributed by atoms with Gasteiger partial charge in [0.15, 0.2) is 0 Å². The summed E-state index contributed by atoms with van der Waals surface area (Å²) in [5.74, 6) is 1.04. The van der Waals surface area contributed by atoms with Gasteiger partial charge in [-0.1, -0.05) is 72.3 Å². The molecule has 5 nitrogen and oxygen atoms in total. The van der Waals surface area contributed by atoms with Crippen molar-refractivity contribution >= 4 is 23.5 Å². The van der Waals surface area contributed by atoms with Gasteiger partial charge in [0.2, 0.25) is 6.08 Å². The van der Waals surface area contributed by atoms with Crippen LogP contribution >= 0.6 is 0 Å². The van der Waals surface area contributed by atoms with Gasteiger partial charge in [-0.3, -0.25) is 0 Å². The Kier molecular flexibility index (Phi) is 12.8. The first-order chi connectivity index (χ1) is 14.5. The Morgan fingerprint density at radius 1 is 1.03 bits per heavy atom. The fourth-order valence-electron chi connectivity index (χ4n) is 3.76. The molecule has 0 bridgehead atoms. The number of benzene rings is 1. The number of nitrogens with one attached hydrogen (secondary N) is 1. The summed E-state index contributed by atoms with van der Waals surface area (Å²) in [5.41, 5.74) is 2.15. The molecule has 5 heteroatoms. The van der Waals surface area contributed by atoms with Gasteiger partial charge in [-0.2, -0.15) is 4.99 Å². The summed E-state index contributed by atoms with van der Waals surface area (Å²) in [4.78, 5) is 29.6. The van der Waals surface area contributed by atoms with Crippen LogP contribution in [-0.2, 0) is 4.79 Å². The molecule has 0 saturated heterocycles. The summed E-state index contributed by atoms with van der Waals surface area (Å²) < 4.78 is 0. The number of urea groups is 1. The molecule has 0 aliphatic carbocycles. The zero-order valence-corrected chi connectivity index (χ0v) is 19.7. The SMILES string of the molecule is CCCCC(CC)CN(CC(CC)CCCC)C(=O)Nc1cc(N=C=O)ccc1C. The zero-order valence-electron chi connectivity index (χ0n) is 19.7. The minimum absolute atomic E-state index is 0.0600. The molecule has 2 atom stereocenters. The van der Waals surface area contributed by atoms with Crippen molar-refractivity contribution in [3.05, 3.63) is 23.8 Å². The predicted octanol–water partition coefficient (Wildman–Crippen LogP) is 7.23. The van der Waals surface area contributed by atoms with Crippen LogP contribution in [0.5, 0.6) is 0 Å². The average molecular weight is 416 g/mol. The van der Waals surface area contributed by atoms with E-state index in [0.717, 1.165) is 44.3 Å². The maximum Gasteiger partial charge on any atom is 0.321 e. The smallest absolute Gasteiger partial charge is 0.321 e. The second-order valence-electron chi connectivity index (χ2n) is 8.37. The van der Waals surface area contributed by atoms with Gasteiger partial charge in [0.05, 0.1) is 5.69 Å². The standard InChI is InChI=1S/C25H41N3O2/c1-6-10-12-21(8-3)17-28(18-22(9-4)13-11-7-2)25(30)27-24-16-23(26-19-29)15-14-20(24)5/h14-16,21-22H,6-13,17-18H2,1-5H3,(H,27,30). The Morgan fingerprint density at radius 3 is 2.07 bits per heavy atom. The number of aryl methyl sites for hydroxylation is 1. The number of hydrogen-bond acceptors (Lipinski definition) is 3. The molecule has 0 spiro atoms. The van der Waals surface area contributed by atoms with Crippen LogP contribution in [-0.4, -0.2) is 30.1 Å². The van der Waals surface area contributed by atoms with Crippen molar-refractivity contribution in [3.8, 4) is 0 Å². The molecular formula is C25H41N3O2. The van der Waals surface area contributed by atoms with E-state index in [9.17, 15) is 9.59 Å². The molecule has 30 heavy (non-hydrogen) atoms. The fourth-order valence-corrected chi connectivity index (χ4v) is 3.76. The lowest BCUT2D eigenvalue weighted by molar-refractivity contribution is 0.181. The number of amides is 2. The van der Waals surface area contributed by atoms with Crippen LogP contribution in [0.15, 0.2) is 23.2 Å². The van der Waals surface area contributed by atoms with Gasteiger partial charge in [0, 0.05) is 18.8 Å². The third kappa shape index (κ3) is 9.13. The maximum atomic E-state index is 13.3. The van der Waals surface area contributed by atoms with E-state index in [1.165, 1.54) is 25.7 Å². The molecule has 1 rings (SSSR count). The van der Waals surface area contributed by atoms with E-state index in [-0.39, 0.29) is 6.03 Å². The average Bonchev–Trinajstić information content (AvgIpc) is 2.75. The molecule has 168 valence electrons. The van der Waals surface area contributed by atoms with E-state index in [2.05, 4.69) is 38.0 Å². The van der Waals surface area contributed by atoms with Gasteiger partial charge in [-0.05, 0) is 49.3 Å². The monoisotopic (exact) mass is 415 g/mol. The Hall–Kier alpha value is -2.13. The van der Waals surface area contributed by atoms with Gasteiger partial charge >= 0.3 is 6.03 Å². The molecule has 0 aromatic heterocycles. The van der Waals surface area contributed by atoms with E-state index < -0.39 is 0 Å². The largest absolute Gasteiger partial charge is 0.324 e. The van der Waals surface area contributed by atoms with E-state index >= 15 is 0 Å². The van der Waals surface area contributed by atoms with Crippen LogP contribution < -0.4 is 5.32 Å². The summed E-state index contributed by atoms with van der Waals surface area (Å²) in [6, 6.07) is 5.29. The zero-order chi connectivity index (χ0) is 22.4. The molecule has 1 aromatic rings. The summed E-state index contributed by atoms with van der Waals surface area (Å²) in [6.07, 6.45) is 10.8. The van der Waals surface area contributed by atoms with Crippen molar-refractivity contribution < 1.29 is 9.59 Å². The van der Waals surface area contributed by atoms with Crippen LogP contribution in [0.3, 0.4) is 0 Å². The lowest BCUT2D eigenvalue weighted by atomic mass is 9.96. The first kappa shape index (κ1) is 25.9. The van der Waals surface area contributed by atoms with Gasteiger partial charge in [-0.25, -0.2) is 9.59 Å². The van der Waals surface area contributed by atoms with Gasteiger partial charge in [0.25, 0.3) is 0 Å². The number of carbonyl (C=O) groups excluding carboxylic acids is 2. The van der Waals surface area contributed by atoms with Crippen molar-refractivity contribution in [2.45, 2.75) is 86.0 Å². The third-order valence-corrected chi connectivity index (χ3v) is 5.97. The Labute approximate surface area is 183 Å². The van der Waals surface area contributed by atoms with Crippen LogP contribution in [0.4, 0.5) is 16.2 Å². The molecule has 1 aromatic carbocycles. The molecule has 2 unspecified atom stereocenters. The highest BCUT2D eigenvalue weighted by Gasteiger charge is 2.22. The highest BCUT2D eigenvalue weighted by molar-refractivity contribution is 5.90. The number of rotatable bonds is 14. The Morgan fingerprint density at radius 2 is 1.60 bits per heavy atom. The van der Waals surface area contributed by atoms with Crippen molar-refractivity contribution in [2.75, 3.05) is 18.4 Å². The molecule has 0 fully saturated rings. The first-order valence-corrected chi connectivity index (χ1v) is 11.7.